The van der Waals surface area contributed by atoms with Gasteiger partial charge in [0.1, 0.15) is 0 Å². The van der Waals surface area contributed by atoms with Crippen molar-refractivity contribution in [3.8, 4) is 0 Å². The minimum absolute atomic E-state index is 0.0567. The molecule has 0 aliphatic carbocycles. The topological polar surface area (TPSA) is 55.5 Å². The summed E-state index contributed by atoms with van der Waals surface area (Å²) in [6.07, 6.45) is -0.0833. The van der Waals surface area contributed by atoms with Gasteiger partial charge in [-0.15, -0.1) is 0 Å². The molecule has 0 amide bonds. The molecule has 3 nitrogen and oxygen atoms in total. The molecule has 1 heterocycles. The Morgan fingerprint density at radius 1 is 1.86 bits per heavy atom. The minimum Gasteiger partial charge on any atom is -0.394 e. The van der Waals surface area contributed by atoms with E-state index in [4.69, 9.17) is 15.6 Å². The molecular weight excluding hydrogens is 94.0 g/mol. The fourth-order valence-electron chi connectivity index (χ4n) is 0.532. The van der Waals surface area contributed by atoms with Crippen molar-refractivity contribution in [2.75, 3.05) is 13.2 Å². The fourth-order valence-corrected chi connectivity index (χ4v) is 0.532. The van der Waals surface area contributed by atoms with Crippen LogP contribution >= 0.6 is 0 Å². The molecule has 42 valence electrons. The molecule has 0 saturated carbocycles. The molecule has 2 unspecified atom stereocenters. The maximum absolute atomic E-state index is 8.35. The molecule has 0 aromatic heterocycles. The lowest BCUT2D eigenvalue weighted by Gasteiger charge is -2.31. The summed E-state index contributed by atoms with van der Waals surface area (Å²) in [5.41, 5.74) is 5.35. The summed E-state index contributed by atoms with van der Waals surface area (Å²) in [4.78, 5) is 0. The minimum atomic E-state index is -0.0833. The van der Waals surface area contributed by atoms with Gasteiger partial charge in [0.15, 0.2) is 0 Å². The average Bonchev–Trinajstić information content (AvgIpc) is 1.65. The number of hydrogen-bond acceptors (Lipinski definition) is 3. The fraction of sp³-hybridized carbons (Fsp3) is 1.00. The normalized spacial score (nSPS) is 40.3. The predicted molar refractivity (Wildman–Crippen MR) is 24.8 cm³/mol. The molecule has 1 aliphatic rings. The quantitative estimate of drug-likeness (QED) is 0.434. The van der Waals surface area contributed by atoms with E-state index in [0.29, 0.717) is 6.61 Å². The second kappa shape index (κ2) is 1.78. The van der Waals surface area contributed by atoms with E-state index in [1.54, 1.807) is 0 Å². The van der Waals surface area contributed by atoms with E-state index in [2.05, 4.69) is 0 Å². The number of aliphatic hydroxyl groups excluding tert-OH is 1. The molecule has 0 aromatic carbocycles. The van der Waals surface area contributed by atoms with Gasteiger partial charge in [0.25, 0.3) is 0 Å². The molecule has 1 fully saturated rings. The lowest BCUT2D eigenvalue weighted by Crippen LogP contribution is -2.52. The molecule has 3 N–H and O–H groups in total. The maximum Gasteiger partial charge on any atom is 0.0979 e. The molecular formula is C4H9NO2. The van der Waals surface area contributed by atoms with Gasteiger partial charge in [0.05, 0.1) is 25.4 Å². The molecule has 1 rings (SSSR count). The molecule has 0 radical (unpaired) electrons. The van der Waals surface area contributed by atoms with Crippen LogP contribution in [0.2, 0.25) is 0 Å². The summed E-state index contributed by atoms with van der Waals surface area (Å²) in [5.74, 6) is 0. The Hall–Kier alpha value is -0.120. The van der Waals surface area contributed by atoms with Crippen LogP contribution in [0.5, 0.6) is 0 Å². The van der Waals surface area contributed by atoms with E-state index in [-0.39, 0.29) is 18.8 Å². The van der Waals surface area contributed by atoms with Crippen LogP contribution in [0.4, 0.5) is 0 Å². The van der Waals surface area contributed by atoms with Crippen molar-refractivity contribution >= 4 is 0 Å². The Morgan fingerprint density at radius 2 is 2.57 bits per heavy atom. The SMILES string of the molecule is NC1COC1CO. The van der Waals surface area contributed by atoms with Gasteiger partial charge in [-0.3, -0.25) is 0 Å². The summed E-state index contributed by atoms with van der Waals surface area (Å²) in [5, 5.41) is 8.35. The first kappa shape index (κ1) is 5.03. The van der Waals surface area contributed by atoms with Crippen molar-refractivity contribution in [3.05, 3.63) is 0 Å². The van der Waals surface area contributed by atoms with Crippen LogP contribution < -0.4 is 5.73 Å². The standard InChI is InChI=1S/C4H9NO2/c5-3-2-7-4(3)1-6/h3-4,6H,1-2,5H2. The van der Waals surface area contributed by atoms with Gasteiger partial charge in [-0.05, 0) is 0 Å². The first-order valence-electron chi connectivity index (χ1n) is 2.32. The third-order valence-electron chi connectivity index (χ3n) is 1.16. The van der Waals surface area contributed by atoms with E-state index >= 15 is 0 Å². The Kier molecular flexibility index (Phi) is 1.27. The molecule has 1 aliphatic heterocycles. The summed E-state index contributed by atoms with van der Waals surface area (Å²) in [7, 11) is 0. The molecule has 2 atom stereocenters. The summed E-state index contributed by atoms with van der Waals surface area (Å²) in [6.45, 7) is 0.659. The summed E-state index contributed by atoms with van der Waals surface area (Å²) >= 11 is 0. The van der Waals surface area contributed by atoms with Crippen molar-refractivity contribution in [2.45, 2.75) is 12.1 Å². The van der Waals surface area contributed by atoms with Crippen LogP contribution in [-0.4, -0.2) is 30.5 Å². The highest BCUT2D eigenvalue weighted by molar-refractivity contribution is 4.80. The van der Waals surface area contributed by atoms with Crippen LogP contribution in [0.1, 0.15) is 0 Å². The van der Waals surface area contributed by atoms with Crippen LogP contribution in [0.3, 0.4) is 0 Å². The van der Waals surface area contributed by atoms with Gasteiger partial charge in [-0.1, -0.05) is 0 Å². The Morgan fingerprint density at radius 3 is 2.57 bits per heavy atom. The van der Waals surface area contributed by atoms with Crippen molar-refractivity contribution in [2.24, 2.45) is 5.73 Å². The smallest absolute Gasteiger partial charge is 0.0979 e. The largest absolute Gasteiger partial charge is 0.394 e. The van der Waals surface area contributed by atoms with Crippen LogP contribution in [0.15, 0.2) is 0 Å². The molecule has 0 spiro atoms. The van der Waals surface area contributed by atoms with Crippen molar-refractivity contribution < 1.29 is 9.84 Å². The van der Waals surface area contributed by atoms with E-state index < -0.39 is 0 Å². The van der Waals surface area contributed by atoms with E-state index in [9.17, 15) is 0 Å². The van der Waals surface area contributed by atoms with Gasteiger partial charge in [0, 0.05) is 0 Å². The second-order valence-electron chi connectivity index (χ2n) is 1.72. The predicted octanol–water partition coefficient (Wildman–Crippen LogP) is -1.30. The van der Waals surface area contributed by atoms with Gasteiger partial charge in [0.2, 0.25) is 0 Å². The number of nitrogens with two attached hydrogens (primary N) is 1. The first-order chi connectivity index (χ1) is 3.34. The third kappa shape index (κ3) is 0.748. The highest BCUT2D eigenvalue weighted by atomic mass is 16.5. The zero-order valence-corrected chi connectivity index (χ0v) is 4.00. The van der Waals surface area contributed by atoms with Crippen molar-refractivity contribution in [3.63, 3.8) is 0 Å². The first-order valence-corrected chi connectivity index (χ1v) is 2.32. The number of rotatable bonds is 1. The molecule has 0 aromatic rings. The maximum atomic E-state index is 8.35. The zero-order chi connectivity index (χ0) is 5.28. The third-order valence-corrected chi connectivity index (χ3v) is 1.16. The van der Waals surface area contributed by atoms with Gasteiger partial charge in [-0.2, -0.15) is 0 Å². The highest BCUT2D eigenvalue weighted by Gasteiger charge is 2.26. The highest BCUT2D eigenvalue weighted by Crippen LogP contribution is 2.07. The van der Waals surface area contributed by atoms with Crippen molar-refractivity contribution in [1.82, 2.24) is 0 Å². The number of aliphatic hydroxyl groups is 1. The lowest BCUT2D eigenvalue weighted by atomic mass is 10.1. The van der Waals surface area contributed by atoms with Crippen LogP contribution in [0.25, 0.3) is 0 Å². The Balaban J connectivity index is 2.16. The average molecular weight is 103 g/mol. The molecule has 7 heavy (non-hydrogen) atoms. The molecule has 0 bridgehead atoms. The van der Waals surface area contributed by atoms with Crippen LogP contribution in [0, 0.1) is 0 Å². The number of hydrogen-bond donors (Lipinski definition) is 2. The van der Waals surface area contributed by atoms with E-state index in [1.165, 1.54) is 0 Å². The van der Waals surface area contributed by atoms with Crippen LogP contribution in [-0.2, 0) is 4.74 Å². The van der Waals surface area contributed by atoms with Crippen molar-refractivity contribution in [1.29, 1.82) is 0 Å². The van der Waals surface area contributed by atoms with Gasteiger partial charge >= 0.3 is 0 Å². The van der Waals surface area contributed by atoms with E-state index in [0.717, 1.165) is 0 Å². The zero-order valence-electron chi connectivity index (χ0n) is 4.00. The Bertz CT molecular complexity index is 64.7. The monoisotopic (exact) mass is 103 g/mol. The molecule has 1 saturated heterocycles. The summed E-state index contributed by atoms with van der Waals surface area (Å²) < 4.78 is 4.82. The van der Waals surface area contributed by atoms with Gasteiger partial charge in [-0.25, -0.2) is 0 Å². The number of ether oxygens (including phenoxy) is 1. The molecule has 3 heteroatoms. The Labute approximate surface area is 42.1 Å². The second-order valence-corrected chi connectivity index (χ2v) is 1.72. The van der Waals surface area contributed by atoms with E-state index in [1.807, 2.05) is 0 Å². The lowest BCUT2D eigenvalue weighted by molar-refractivity contribution is -0.0967. The van der Waals surface area contributed by atoms with Gasteiger partial charge < -0.3 is 15.6 Å². The summed E-state index contributed by atoms with van der Waals surface area (Å²) in [6, 6.07) is 0.0741.